The molecule has 0 saturated carbocycles. The van der Waals surface area contributed by atoms with Crippen LogP contribution in [0.15, 0.2) is 35.1 Å². The second kappa shape index (κ2) is 7.54. The van der Waals surface area contributed by atoms with Crippen molar-refractivity contribution >= 4 is 44.5 Å². The van der Waals surface area contributed by atoms with Gasteiger partial charge in [-0.15, -0.1) is 0 Å². The molecule has 3 aromatic rings. The van der Waals surface area contributed by atoms with Crippen molar-refractivity contribution in [1.29, 1.82) is 0 Å². The molecule has 0 N–H and O–H groups in total. The Labute approximate surface area is 173 Å². The van der Waals surface area contributed by atoms with E-state index in [0.717, 1.165) is 4.47 Å². The number of halogens is 3. The van der Waals surface area contributed by atoms with Crippen LogP contribution in [0.25, 0.3) is 11.0 Å². The molecule has 1 aromatic heterocycles. The number of nitrogens with zero attached hydrogens (tertiary/aromatic N) is 2. The monoisotopic (exact) mass is 418 g/mol. The zero-order valence-electron chi connectivity index (χ0n) is 12.9. The Morgan fingerprint density at radius 1 is 1.42 bits per heavy atom. The number of carbonyl (C=O) groups is 1. The van der Waals surface area contributed by atoms with E-state index in [9.17, 15) is 14.3 Å². The van der Waals surface area contributed by atoms with Crippen LogP contribution in [-0.2, 0) is 13.5 Å². The average molecular weight is 420 g/mol. The third-order valence-corrected chi connectivity index (χ3v) is 4.51. The molecule has 3 rings (SSSR count). The van der Waals surface area contributed by atoms with Crippen molar-refractivity contribution in [2.75, 3.05) is 0 Å². The fourth-order valence-electron chi connectivity index (χ4n) is 2.47. The van der Waals surface area contributed by atoms with Crippen LogP contribution in [0.1, 0.15) is 21.5 Å². The third-order valence-electron chi connectivity index (χ3n) is 3.66. The molecule has 0 unspecified atom stereocenters. The molecule has 0 atom stereocenters. The first-order valence-electron chi connectivity index (χ1n) is 6.66. The number of carboxylic acid groups (broad SMARTS) is 1. The fourth-order valence-corrected chi connectivity index (χ4v) is 3.21. The number of fused-ring (bicyclic) bond motifs is 1. The normalized spacial score (nSPS) is 10.7. The summed E-state index contributed by atoms with van der Waals surface area (Å²) in [6, 6.07) is 6.53. The van der Waals surface area contributed by atoms with E-state index in [-0.39, 0.29) is 52.6 Å². The first kappa shape index (κ1) is 19.4. The summed E-state index contributed by atoms with van der Waals surface area (Å²) >= 11 is 9.44. The van der Waals surface area contributed by atoms with Gasteiger partial charge in [-0.05, 0) is 23.8 Å². The SMILES string of the molecule is Cn1cnc2c(F)c(Cc3ccc(Br)cc3Cl)c(C(=O)[O-])cc21.[Na+]. The Bertz CT molecular complexity index is 945. The van der Waals surface area contributed by atoms with Crippen LogP contribution in [0.5, 0.6) is 0 Å². The standard InChI is InChI=1S/C16H11BrClFN2O2.Na/c1-21-7-20-15-13(21)6-11(16(22)23)10(14(15)19)4-8-2-3-9(17)5-12(8)18;/h2-3,5-7H,4H2,1H3,(H,22,23);/q;+1/p-1. The largest absolute Gasteiger partial charge is 1.00 e. The Kier molecular flexibility index (Phi) is 6.09. The zero-order valence-corrected chi connectivity index (χ0v) is 17.3. The predicted octanol–water partition coefficient (Wildman–Crippen LogP) is 0.0866. The van der Waals surface area contributed by atoms with Gasteiger partial charge in [0, 0.05) is 34.1 Å². The minimum absolute atomic E-state index is 0. The molecule has 0 amide bonds. The Morgan fingerprint density at radius 2 is 2.12 bits per heavy atom. The number of hydrogen-bond acceptors (Lipinski definition) is 3. The van der Waals surface area contributed by atoms with Crippen molar-refractivity contribution in [2.24, 2.45) is 7.05 Å². The van der Waals surface area contributed by atoms with Gasteiger partial charge in [0.05, 0.1) is 17.8 Å². The third kappa shape index (κ3) is 3.53. The van der Waals surface area contributed by atoms with Gasteiger partial charge in [-0.2, -0.15) is 0 Å². The van der Waals surface area contributed by atoms with E-state index < -0.39 is 11.8 Å². The van der Waals surface area contributed by atoms with Gasteiger partial charge in [0.25, 0.3) is 0 Å². The molecule has 0 aliphatic heterocycles. The Morgan fingerprint density at radius 3 is 2.75 bits per heavy atom. The molecule has 8 heteroatoms. The molecular weight excluding hydrogens is 410 g/mol. The van der Waals surface area contributed by atoms with Gasteiger partial charge < -0.3 is 14.5 Å². The number of carboxylic acids is 1. The van der Waals surface area contributed by atoms with Crippen molar-refractivity contribution in [1.82, 2.24) is 9.55 Å². The van der Waals surface area contributed by atoms with Crippen molar-refractivity contribution < 1.29 is 43.8 Å². The zero-order chi connectivity index (χ0) is 16.7. The second-order valence-electron chi connectivity index (χ2n) is 5.14. The molecule has 4 nitrogen and oxygen atoms in total. The van der Waals surface area contributed by atoms with Crippen LogP contribution >= 0.6 is 27.5 Å². The molecule has 118 valence electrons. The van der Waals surface area contributed by atoms with E-state index in [0.29, 0.717) is 16.1 Å². The maximum Gasteiger partial charge on any atom is 1.00 e. The maximum atomic E-state index is 14.8. The molecule has 0 aliphatic carbocycles. The van der Waals surface area contributed by atoms with Crippen LogP contribution in [0.2, 0.25) is 5.02 Å². The number of hydrogen-bond donors (Lipinski definition) is 0. The van der Waals surface area contributed by atoms with Crippen molar-refractivity contribution in [3.63, 3.8) is 0 Å². The minimum Gasteiger partial charge on any atom is -0.545 e. The molecule has 0 spiro atoms. The number of aromatic carboxylic acids is 1. The summed E-state index contributed by atoms with van der Waals surface area (Å²) in [5, 5.41) is 11.9. The maximum absolute atomic E-state index is 14.8. The van der Waals surface area contributed by atoms with Gasteiger partial charge in [0.15, 0.2) is 5.82 Å². The molecule has 0 saturated heterocycles. The molecule has 1 heterocycles. The summed E-state index contributed by atoms with van der Waals surface area (Å²) in [4.78, 5) is 15.4. The summed E-state index contributed by atoms with van der Waals surface area (Å²) in [5.74, 6) is -2.10. The molecule has 0 aliphatic rings. The molecule has 0 fully saturated rings. The molecule has 24 heavy (non-hydrogen) atoms. The van der Waals surface area contributed by atoms with E-state index in [1.807, 2.05) is 0 Å². The number of carbonyl (C=O) groups excluding carboxylic acids is 1. The minimum atomic E-state index is -1.43. The number of imidazole rings is 1. The first-order chi connectivity index (χ1) is 10.9. The fraction of sp³-hybridized carbons (Fsp3) is 0.125. The molecule has 0 radical (unpaired) electrons. The quantitative estimate of drug-likeness (QED) is 0.566. The summed E-state index contributed by atoms with van der Waals surface area (Å²) in [6.07, 6.45) is 1.47. The van der Waals surface area contributed by atoms with E-state index in [1.54, 1.807) is 29.8 Å². The Balaban J connectivity index is 0.00000208. The van der Waals surface area contributed by atoms with Gasteiger partial charge in [-0.25, -0.2) is 9.37 Å². The number of aryl methyl sites for hydroxylation is 1. The molecule has 2 aromatic carbocycles. The van der Waals surface area contributed by atoms with Crippen LogP contribution in [-0.4, -0.2) is 15.5 Å². The first-order valence-corrected chi connectivity index (χ1v) is 7.83. The average Bonchev–Trinajstić information content (AvgIpc) is 2.85. The van der Waals surface area contributed by atoms with Gasteiger partial charge in [0.1, 0.15) is 5.52 Å². The summed E-state index contributed by atoms with van der Waals surface area (Å²) in [6.45, 7) is 0. The van der Waals surface area contributed by atoms with Gasteiger partial charge in [0.2, 0.25) is 0 Å². The Hall–Kier alpha value is -0.920. The van der Waals surface area contributed by atoms with Crippen LogP contribution in [0.3, 0.4) is 0 Å². The number of rotatable bonds is 3. The summed E-state index contributed by atoms with van der Waals surface area (Å²) < 4.78 is 17.1. The topological polar surface area (TPSA) is 58.0 Å². The smallest absolute Gasteiger partial charge is 0.545 e. The number of aromatic nitrogens is 2. The van der Waals surface area contributed by atoms with E-state index >= 15 is 0 Å². The van der Waals surface area contributed by atoms with E-state index in [4.69, 9.17) is 11.6 Å². The van der Waals surface area contributed by atoms with Crippen LogP contribution in [0, 0.1) is 5.82 Å². The molecule has 0 bridgehead atoms. The van der Waals surface area contributed by atoms with Crippen molar-refractivity contribution in [3.8, 4) is 0 Å². The van der Waals surface area contributed by atoms with Gasteiger partial charge in [-0.1, -0.05) is 33.6 Å². The van der Waals surface area contributed by atoms with Crippen LogP contribution < -0.4 is 34.7 Å². The van der Waals surface area contributed by atoms with Crippen molar-refractivity contribution in [2.45, 2.75) is 6.42 Å². The second-order valence-corrected chi connectivity index (χ2v) is 6.46. The van der Waals surface area contributed by atoms with E-state index in [2.05, 4.69) is 20.9 Å². The summed E-state index contributed by atoms with van der Waals surface area (Å²) in [5.41, 5.74) is 0.956. The predicted molar refractivity (Wildman–Crippen MR) is 87.0 cm³/mol. The van der Waals surface area contributed by atoms with Crippen LogP contribution in [0.4, 0.5) is 4.39 Å². The number of benzene rings is 2. The van der Waals surface area contributed by atoms with Crippen molar-refractivity contribution in [3.05, 3.63) is 62.6 Å². The summed E-state index contributed by atoms with van der Waals surface area (Å²) in [7, 11) is 1.67. The van der Waals surface area contributed by atoms with Gasteiger partial charge >= 0.3 is 29.6 Å². The van der Waals surface area contributed by atoms with Gasteiger partial charge in [-0.3, -0.25) is 0 Å². The molecular formula is C16H10BrClFN2NaO2. The van der Waals surface area contributed by atoms with E-state index in [1.165, 1.54) is 12.4 Å².